The summed E-state index contributed by atoms with van der Waals surface area (Å²) < 4.78 is 46.9. The Morgan fingerprint density at radius 3 is 2.57 bits per heavy atom. The topological polar surface area (TPSA) is 43.6 Å². The fourth-order valence-electron chi connectivity index (χ4n) is 2.44. The number of aryl methyl sites for hydroxylation is 1. The van der Waals surface area contributed by atoms with Gasteiger partial charge in [0.1, 0.15) is 16.0 Å². The van der Waals surface area contributed by atoms with Crippen LogP contribution in [0.15, 0.2) is 29.4 Å². The minimum Gasteiger partial charge on any atom is -0.494 e. The number of methoxy groups -OCH3 is 1. The first-order valence-corrected chi connectivity index (χ1v) is 9.88. The van der Waals surface area contributed by atoms with Gasteiger partial charge in [-0.1, -0.05) is 31.0 Å². The standard InChI is InChI=1S/C19H22ClF3N2O2S/c1-5-6-8-12-11-25(18(2,3)19(21,22)23)28-17(12)24-16(26)13-9-7-10-14(20)15(13)27-4/h7,9-11H,5-6,8H2,1-4H3. The Labute approximate surface area is 170 Å². The molecule has 1 heterocycles. The quantitative estimate of drug-likeness (QED) is 0.594. The number of alkyl halides is 3. The van der Waals surface area contributed by atoms with Gasteiger partial charge in [-0.05, 0) is 50.4 Å². The smallest absolute Gasteiger partial charge is 0.412 e. The highest BCUT2D eigenvalue weighted by molar-refractivity contribution is 7.04. The molecule has 4 nitrogen and oxygen atoms in total. The second-order valence-electron chi connectivity index (χ2n) is 6.77. The van der Waals surface area contributed by atoms with E-state index in [1.807, 2.05) is 6.92 Å². The van der Waals surface area contributed by atoms with Crippen LogP contribution in [0.2, 0.25) is 5.02 Å². The molecule has 0 saturated carbocycles. The number of carbonyl (C=O) groups is 1. The molecule has 0 spiro atoms. The highest BCUT2D eigenvalue weighted by atomic mass is 35.5. The van der Waals surface area contributed by atoms with Crippen molar-refractivity contribution in [2.45, 2.75) is 51.7 Å². The average molecular weight is 435 g/mol. The molecule has 1 aromatic heterocycles. The zero-order chi connectivity index (χ0) is 21.1. The number of ether oxygens (including phenoxy) is 1. The van der Waals surface area contributed by atoms with Crippen LogP contribution in [-0.2, 0) is 12.0 Å². The maximum Gasteiger partial charge on any atom is 0.412 e. The Bertz CT molecular complexity index is 917. The second-order valence-corrected chi connectivity index (χ2v) is 8.14. The molecule has 0 radical (unpaired) electrons. The van der Waals surface area contributed by atoms with Crippen LogP contribution in [0.25, 0.3) is 0 Å². The first-order valence-electron chi connectivity index (χ1n) is 8.73. The number of amides is 1. The number of halogens is 4. The predicted octanol–water partition coefficient (Wildman–Crippen LogP) is 5.59. The zero-order valence-corrected chi connectivity index (χ0v) is 17.6. The summed E-state index contributed by atoms with van der Waals surface area (Å²) in [5, 5.41) is 0.259. The lowest BCUT2D eigenvalue weighted by Crippen LogP contribution is -2.40. The van der Waals surface area contributed by atoms with Crippen molar-refractivity contribution < 1.29 is 22.7 Å². The van der Waals surface area contributed by atoms with Gasteiger partial charge in [-0.25, -0.2) is 0 Å². The molecule has 0 N–H and O–H groups in total. The van der Waals surface area contributed by atoms with Crippen molar-refractivity contribution in [2.24, 2.45) is 4.99 Å². The van der Waals surface area contributed by atoms with Crippen molar-refractivity contribution in [2.75, 3.05) is 7.11 Å². The highest BCUT2D eigenvalue weighted by Gasteiger charge is 2.49. The summed E-state index contributed by atoms with van der Waals surface area (Å²) in [5.74, 6) is -0.427. The van der Waals surface area contributed by atoms with Gasteiger partial charge >= 0.3 is 6.18 Å². The van der Waals surface area contributed by atoms with Crippen molar-refractivity contribution in [1.82, 2.24) is 3.96 Å². The molecule has 1 amide bonds. The number of rotatable bonds is 6. The van der Waals surface area contributed by atoms with Gasteiger partial charge in [-0.15, -0.1) is 0 Å². The molecule has 154 valence electrons. The van der Waals surface area contributed by atoms with Gasteiger partial charge in [-0.2, -0.15) is 18.2 Å². The Kier molecular flexibility index (Phi) is 6.98. The second kappa shape index (κ2) is 8.69. The third-order valence-electron chi connectivity index (χ3n) is 4.38. The number of para-hydroxylation sites is 1. The predicted molar refractivity (Wildman–Crippen MR) is 104 cm³/mol. The van der Waals surface area contributed by atoms with Crippen LogP contribution in [0.4, 0.5) is 13.2 Å². The van der Waals surface area contributed by atoms with E-state index in [4.69, 9.17) is 16.3 Å². The van der Waals surface area contributed by atoms with E-state index >= 15 is 0 Å². The minimum absolute atomic E-state index is 0.159. The lowest BCUT2D eigenvalue weighted by Gasteiger charge is -2.28. The summed E-state index contributed by atoms with van der Waals surface area (Å²) in [4.78, 5) is 16.8. The van der Waals surface area contributed by atoms with Gasteiger partial charge in [0.2, 0.25) is 0 Å². The Morgan fingerprint density at radius 1 is 1.32 bits per heavy atom. The summed E-state index contributed by atoms with van der Waals surface area (Å²) in [6.45, 7) is 4.18. The molecule has 28 heavy (non-hydrogen) atoms. The Balaban J connectivity index is 2.57. The normalized spacial score (nSPS) is 13.1. The molecule has 0 unspecified atom stereocenters. The van der Waals surface area contributed by atoms with E-state index < -0.39 is 17.6 Å². The van der Waals surface area contributed by atoms with Gasteiger partial charge in [0.15, 0.2) is 0 Å². The van der Waals surface area contributed by atoms with E-state index in [2.05, 4.69) is 4.99 Å². The van der Waals surface area contributed by atoms with Gasteiger partial charge in [0, 0.05) is 11.8 Å². The van der Waals surface area contributed by atoms with E-state index in [0.717, 1.165) is 42.2 Å². The molecule has 0 saturated heterocycles. The highest BCUT2D eigenvalue weighted by Crippen LogP contribution is 2.37. The molecule has 0 aliphatic heterocycles. The lowest BCUT2D eigenvalue weighted by atomic mass is 10.1. The fourth-order valence-corrected chi connectivity index (χ4v) is 3.79. The van der Waals surface area contributed by atoms with E-state index in [0.29, 0.717) is 12.0 Å². The van der Waals surface area contributed by atoms with Crippen molar-refractivity contribution >= 4 is 29.0 Å². The molecule has 0 aliphatic rings. The van der Waals surface area contributed by atoms with Crippen molar-refractivity contribution in [1.29, 1.82) is 0 Å². The first-order chi connectivity index (χ1) is 13.0. The van der Waals surface area contributed by atoms with Gasteiger partial charge in [0.05, 0.1) is 17.7 Å². The molecule has 2 aromatic rings. The number of benzene rings is 1. The monoisotopic (exact) mass is 434 g/mol. The van der Waals surface area contributed by atoms with Crippen LogP contribution < -0.4 is 9.41 Å². The van der Waals surface area contributed by atoms with E-state index in [1.54, 1.807) is 12.1 Å². The average Bonchev–Trinajstić information content (AvgIpc) is 3.02. The fraction of sp³-hybridized carbons (Fsp3) is 0.474. The molecule has 2 rings (SSSR count). The SMILES string of the molecule is CCCCc1cn(C(C)(C)C(F)(F)F)sc1=NC(=O)c1cccc(Cl)c1OC. The zero-order valence-electron chi connectivity index (χ0n) is 16.1. The number of unbranched alkanes of at least 4 members (excludes halogenated alkanes) is 1. The number of hydrogen-bond donors (Lipinski definition) is 0. The third kappa shape index (κ3) is 4.60. The van der Waals surface area contributed by atoms with Crippen molar-refractivity contribution in [3.05, 3.63) is 45.2 Å². The van der Waals surface area contributed by atoms with Crippen molar-refractivity contribution in [3.8, 4) is 5.75 Å². The molecular weight excluding hydrogens is 413 g/mol. The maximum absolute atomic E-state index is 13.4. The summed E-state index contributed by atoms with van der Waals surface area (Å²) in [6, 6.07) is 4.69. The maximum atomic E-state index is 13.4. The Morgan fingerprint density at radius 2 is 2.00 bits per heavy atom. The third-order valence-corrected chi connectivity index (χ3v) is 5.96. The number of aromatic nitrogens is 1. The lowest BCUT2D eigenvalue weighted by molar-refractivity contribution is -0.199. The molecule has 0 fully saturated rings. The molecule has 0 aliphatic carbocycles. The van der Waals surface area contributed by atoms with Crippen LogP contribution >= 0.6 is 23.1 Å². The first kappa shape index (κ1) is 22.5. The summed E-state index contributed by atoms with van der Waals surface area (Å²) >= 11 is 6.86. The Hall–Kier alpha value is -1.80. The number of carbonyl (C=O) groups excluding carboxylic acids is 1. The van der Waals surface area contributed by atoms with E-state index in [-0.39, 0.29) is 21.0 Å². The van der Waals surface area contributed by atoms with Crippen molar-refractivity contribution in [3.63, 3.8) is 0 Å². The number of hydrogen-bond acceptors (Lipinski definition) is 3. The molecular formula is C19H22ClF3N2O2S. The molecule has 9 heteroatoms. The summed E-state index contributed by atoms with van der Waals surface area (Å²) in [7, 11) is 1.38. The minimum atomic E-state index is -4.44. The largest absolute Gasteiger partial charge is 0.494 e. The van der Waals surface area contributed by atoms with Crippen LogP contribution in [0.3, 0.4) is 0 Å². The van der Waals surface area contributed by atoms with Crippen LogP contribution in [-0.4, -0.2) is 23.1 Å². The van der Waals surface area contributed by atoms with Gasteiger partial charge < -0.3 is 4.74 Å². The van der Waals surface area contributed by atoms with E-state index in [1.165, 1.54) is 19.4 Å². The van der Waals surface area contributed by atoms with Crippen LogP contribution in [0.5, 0.6) is 5.75 Å². The van der Waals surface area contributed by atoms with Gasteiger partial charge in [0.25, 0.3) is 5.91 Å². The summed E-state index contributed by atoms with van der Waals surface area (Å²) in [5.41, 5.74) is -1.34. The number of nitrogens with zero attached hydrogens (tertiary/aromatic N) is 2. The molecule has 0 atom stereocenters. The van der Waals surface area contributed by atoms with Gasteiger partial charge in [-0.3, -0.25) is 8.75 Å². The van der Waals surface area contributed by atoms with Crippen LogP contribution in [0, 0.1) is 0 Å². The van der Waals surface area contributed by atoms with E-state index in [9.17, 15) is 18.0 Å². The molecule has 1 aromatic carbocycles. The summed E-state index contributed by atoms with van der Waals surface area (Å²) in [6.07, 6.45) is -0.821. The van der Waals surface area contributed by atoms with Crippen LogP contribution in [0.1, 0.15) is 49.5 Å². The molecule has 0 bridgehead atoms.